The number of nitrogens with zero attached hydrogens (tertiary/aromatic N) is 1. The second-order valence-corrected chi connectivity index (χ2v) is 20.8. The molecule has 4 aliphatic carbocycles. The van der Waals surface area contributed by atoms with Crippen molar-refractivity contribution in [3.05, 3.63) is 53.4 Å². The van der Waals surface area contributed by atoms with Gasteiger partial charge < -0.3 is 4.43 Å². The lowest BCUT2D eigenvalue weighted by Crippen LogP contribution is -2.51. The van der Waals surface area contributed by atoms with E-state index < -0.39 is 8.32 Å². The Kier molecular flexibility index (Phi) is 8.74. The van der Waals surface area contributed by atoms with E-state index in [0.29, 0.717) is 11.5 Å². The monoisotopic (exact) mass is 573 g/mol. The molecule has 0 aromatic carbocycles. The number of aromatic nitrogens is 1. The first kappa shape index (κ1) is 31.0. The minimum absolute atomic E-state index is 0.268. The van der Waals surface area contributed by atoms with Crippen LogP contribution in [-0.4, -0.2) is 19.4 Å². The van der Waals surface area contributed by atoms with Crippen molar-refractivity contribution >= 4 is 19.5 Å². The van der Waals surface area contributed by atoms with Crippen LogP contribution in [0.1, 0.15) is 130 Å². The molecular weight excluding hydrogens is 515 g/mol. The highest BCUT2D eigenvalue weighted by molar-refractivity contribution is 6.74. The zero-order chi connectivity index (χ0) is 29.6. The summed E-state index contributed by atoms with van der Waals surface area (Å²) in [4.78, 5) is 4.80. The van der Waals surface area contributed by atoms with Gasteiger partial charge in [-0.05, 0) is 133 Å². The average molecular weight is 574 g/mol. The molecule has 1 aromatic rings. The largest absolute Gasteiger partial charge is 0.414 e. The van der Waals surface area contributed by atoms with Crippen LogP contribution in [-0.2, 0) is 4.43 Å². The third-order valence-corrected chi connectivity index (χ3v) is 17.1. The van der Waals surface area contributed by atoms with Gasteiger partial charge in [0, 0.05) is 18.5 Å². The van der Waals surface area contributed by atoms with E-state index in [1.807, 2.05) is 0 Å². The Balaban J connectivity index is 1.35. The van der Waals surface area contributed by atoms with Crippen LogP contribution in [0.3, 0.4) is 0 Å². The Morgan fingerprint density at radius 1 is 1.00 bits per heavy atom. The van der Waals surface area contributed by atoms with E-state index >= 15 is 0 Å². The second kappa shape index (κ2) is 11.6. The lowest BCUT2D eigenvalue weighted by molar-refractivity contribution is -0.0223. The molecule has 226 valence electrons. The van der Waals surface area contributed by atoms with E-state index in [1.165, 1.54) is 74.5 Å². The first-order valence-corrected chi connectivity index (χ1v) is 20.0. The van der Waals surface area contributed by atoms with Crippen molar-refractivity contribution in [3.63, 3.8) is 0 Å². The predicted molar refractivity (Wildman–Crippen MR) is 179 cm³/mol. The summed E-state index contributed by atoms with van der Waals surface area (Å²) >= 11 is 0. The van der Waals surface area contributed by atoms with Crippen LogP contribution in [0.15, 0.2) is 42.3 Å². The van der Waals surface area contributed by atoms with Gasteiger partial charge in [-0.2, -0.15) is 0 Å². The minimum atomic E-state index is -1.74. The predicted octanol–water partition coefficient (Wildman–Crippen LogP) is 11.4. The van der Waals surface area contributed by atoms with Crippen molar-refractivity contribution in [1.82, 2.24) is 4.98 Å². The molecule has 0 radical (unpaired) electrons. The molecule has 5 rings (SSSR count). The highest BCUT2D eigenvalue weighted by atomic mass is 28.4. The molecule has 1 heterocycles. The molecule has 2 fully saturated rings. The van der Waals surface area contributed by atoms with Crippen molar-refractivity contribution in [1.29, 1.82) is 0 Å². The molecule has 0 saturated heterocycles. The maximum absolute atomic E-state index is 6.96. The molecule has 3 heteroatoms. The van der Waals surface area contributed by atoms with Crippen molar-refractivity contribution in [2.24, 2.45) is 28.6 Å². The van der Waals surface area contributed by atoms with Gasteiger partial charge in [-0.3, -0.25) is 4.98 Å². The Morgan fingerprint density at radius 3 is 2.46 bits per heavy atom. The van der Waals surface area contributed by atoms with E-state index in [-0.39, 0.29) is 10.5 Å². The zero-order valence-corrected chi connectivity index (χ0v) is 28.9. The molecule has 2 nitrogen and oxygen atoms in total. The second-order valence-electron chi connectivity index (χ2n) is 16.0. The van der Waals surface area contributed by atoms with E-state index in [4.69, 9.17) is 9.41 Å². The van der Waals surface area contributed by atoms with Crippen LogP contribution in [0.25, 0.3) is 11.1 Å². The normalized spacial score (nSPS) is 33.9. The van der Waals surface area contributed by atoms with E-state index in [1.54, 1.807) is 11.1 Å². The van der Waals surface area contributed by atoms with Crippen LogP contribution < -0.4 is 0 Å². The molecule has 0 aliphatic heterocycles. The lowest BCUT2D eigenvalue weighted by atomic mass is 9.47. The quantitative estimate of drug-likeness (QED) is 0.228. The van der Waals surface area contributed by atoms with E-state index in [0.717, 1.165) is 30.6 Å². The first-order chi connectivity index (χ1) is 19.3. The fourth-order valence-electron chi connectivity index (χ4n) is 9.05. The van der Waals surface area contributed by atoms with Crippen LogP contribution in [0.2, 0.25) is 18.1 Å². The minimum Gasteiger partial charge on any atom is -0.414 e. The van der Waals surface area contributed by atoms with Gasteiger partial charge in [0.25, 0.3) is 0 Å². The van der Waals surface area contributed by atoms with Gasteiger partial charge >= 0.3 is 0 Å². The van der Waals surface area contributed by atoms with Crippen molar-refractivity contribution in [2.75, 3.05) is 0 Å². The molecule has 0 amide bonds. The number of unbranched alkanes of at least 4 members (excludes halogenated alkanes) is 1. The van der Waals surface area contributed by atoms with Crippen molar-refractivity contribution in [2.45, 2.75) is 143 Å². The molecule has 0 N–H and O–H groups in total. The third kappa shape index (κ3) is 5.64. The highest BCUT2D eigenvalue weighted by Gasteiger charge is 2.57. The Morgan fingerprint density at radius 2 is 1.76 bits per heavy atom. The zero-order valence-electron chi connectivity index (χ0n) is 27.9. The molecule has 6 atom stereocenters. The molecule has 41 heavy (non-hydrogen) atoms. The lowest BCUT2D eigenvalue weighted by Gasteiger charge is -2.58. The fraction of sp³-hybridized carbons (Fsp3) is 0.711. The Bertz CT molecular complexity index is 1200. The van der Waals surface area contributed by atoms with Gasteiger partial charge in [0.2, 0.25) is 0 Å². The van der Waals surface area contributed by atoms with Crippen LogP contribution >= 0.6 is 0 Å². The van der Waals surface area contributed by atoms with Crippen molar-refractivity contribution in [3.8, 4) is 0 Å². The number of rotatable bonds is 8. The average Bonchev–Trinajstić information content (AvgIpc) is 3.28. The van der Waals surface area contributed by atoms with Gasteiger partial charge in [0.05, 0.1) is 0 Å². The smallest absolute Gasteiger partial charge is 0.192 e. The summed E-state index contributed by atoms with van der Waals surface area (Å²) in [7, 11) is -1.74. The molecule has 0 unspecified atom stereocenters. The summed E-state index contributed by atoms with van der Waals surface area (Å²) in [6.07, 6.45) is 26.0. The summed E-state index contributed by atoms with van der Waals surface area (Å²) in [6.45, 7) is 21.8. The molecule has 0 spiro atoms. The van der Waals surface area contributed by atoms with Gasteiger partial charge in [0.15, 0.2) is 8.32 Å². The van der Waals surface area contributed by atoms with Gasteiger partial charge in [-0.25, -0.2) is 0 Å². The number of allylic oxidation sites excluding steroid dienone is 5. The van der Waals surface area contributed by atoms with Gasteiger partial charge in [-0.15, -0.1) is 0 Å². The van der Waals surface area contributed by atoms with E-state index in [9.17, 15) is 0 Å². The molecule has 2 saturated carbocycles. The molecule has 4 aliphatic rings. The molecule has 1 aromatic heterocycles. The van der Waals surface area contributed by atoms with Crippen LogP contribution in [0, 0.1) is 28.6 Å². The Hall–Kier alpha value is -1.45. The fourth-order valence-corrected chi connectivity index (χ4v) is 10.4. The highest BCUT2D eigenvalue weighted by Crippen LogP contribution is 2.66. The van der Waals surface area contributed by atoms with E-state index in [2.05, 4.69) is 98.2 Å². The van der Waals surface area contributed by atoms with Crippen LogP contribution in [0.5, 0.6) is 0 Å². The number of fused-ring (bicyclic) bond motifs is 5. The third-order valence-electron chi connectivity index (χ3n) is 12.5. The molecular formula is C38H59NOSi. The number of hydrogen-bond acceptors (Lipinski definition) is 2. The summed E-state index contributed by atoms with van der Waals surface area (Å²) in [5.74, 6) is 2.37. The SMILES string of the molecule is CCC/C=C(\CCC)c1cncc(C2=CC[C@H]3[C@@H]4CC=C5C[C@@H](O[Si](C)(C)C(C)(C)C)CC[C@]5(C)[C@H]4CC[C@]23C)c1. The van der Waals surface area contributed by atoms with Gasteiger partial charge in [-0.1, -0.05) is 85.1 Å². The van der Waals surface area contributed by atoms with Gasteiger partial charge in [0.1, 0.15) is 0 Å². The number of hydrogen-bond donors (Lipinski definition) is 0. The summed E-state index contributed by atoms with van der Waals surface area (Å²) < 4.78 is 6.96. The summed E-state index contributed by atoms with van der Waals surface area (Å²) in [6, 6.07) is 2.47. The summed E-state index contributed by atoms with van der Waals surface area (Å²) in [5.41, 5.74) is 8.17. The summed E-state index contributed by atoms with van der Waals surface area (Å²) in [5, 5.41) is 0.277. The Labute approximate surface area is 253 Å². The maximum Gasteiger partial charge on any atom is 0.192 e. The standard InChI is InChI=1S/C38H59NOSi/c1-10-12-14-27(13-11-2)28-23-29(26-39-25-28)33-17-18-34-32-16-15-30-24-31(40-41(8,9)36(3,4)5)19-21-37(30,6)35(32)20-22-38(33,34)7/h14-15,17,23,25-26,31-32,34-35H,10-13,16,18-22,24H2,1-9H3/b27-14+/t31-,32-,34-,35-,37-,38+/m0/s1. The molecule has 0 bridgehead atoms. The maximum atomic E-state index is 6.96. The topological polar surface area (TPSA) is 22.1 Å². The van der Waals surface area contributed by atoms with Crippen molar-refractivity contribution < 1.29 is 4.43 Å². The van der Waals surface area contributed by atoms with Crippen LogP contribution in [0.4, 0.5) is 0 Å². The first-order valence-electron chi connectivity index (χ1n) is 17.1. The number of pyridine rings is 1.